The van der Waals surface area contributed by atoms with E-state index in [0.29, 0.717) is 29.9 Å². The number of rotatable bonds is 2. The van der Waals surface area contributed by atoms with Crippen LogP contribution >= 0.6 is 11.6 Å². The van der Waals surface area contributed by atoms with Gasteiger partial charge in [0.15, 0.2) is 0 Å². The summed E-state index contributed by atoms with van der Waals surface area (Å²) in [6.45, 7) is 0. The zero-order chi connectivity index (χ0) is 10.6. The second-order valence-electron chi connectivity index (χ2n) is 4.84. The molecular weight excluding hydrogens is 216 g/mol. The van der Waals surface area contributed by atoms with E-state index in [0.717, 1.165) is 12.8 Å². The number of hydrogen-bond donors (Lipinski definition) is 0. The molecule has 3 nitrogen and oxygen atoms in total. The highest BCUT2D eigenvalue weighted by molar-refractivity contribution is 6.18. The lowest BCUT2D eigenvalue weighted by Crippen LogP contribution is -2.49. The molecule has 0 amide bonds. The van der Waals surface area contributed by atoms with Crippen LogP contribution in [0, 0.1) is 23.7 Å². The lowest BCUT2D eigenvalue weighted by Gasteiger charge is -2.43. The number of ether oxygens (including phenoxy) is 2. The largest absolute Gasteiger partial charge is 0.469 e. The lowest BCUT2D eigenvalue weighted by molar-refractivity contribution is -0.153. The molecule has 4 rings (SSSR count). The normalized spacial score (nSPS) is 51.1. The van der Waals surface area contributed by atoms with E-state index < -0.39 is 0 Å². The zero-order valence-electron chi connectivity index (χ0n) is 8.69. The molecule has 3 saturated carbocycles. The SMILES string of the molecule is COC(=O)[C@H]1[C@H](CCl)[C@@H]2CC[C@H]1[C@@H]1O[C@H]21. The lowest BCUT2D eigenvalue weighted by atomic mass is 9.59. The van der Waals surface area contributed by atoms with Crippen molar-refractivity contribution < 1.29 is 14.3 Å². The van der Waals surface area contributed by atoms with Gasteiger partial charge in [-0.2, -0.15) is 0 Å². The van der Waals surface area contributed by atoms with Crippen molar-refractivity contribution in [1.29, 1.82) is 0 Å². The first-order valence-electron chi connectivity index (χ1n) is 5.57. The number of carbonyl (C=O) groups is 1. The molecule has 0 spiro atoms. The molecule has 0 unspecified atom stereocenters. The van der Waals surface area contributed by atoms with Gasteiger partial charge >= 0.3 is 5.97 Å². The van der Waals surface area contributed by atoms with Crippen LogP contribution in [0.5, 0.6) is 0 Å². The maximum atomic E-state index is 11.8. The highest BCUT2D eigenvalue weighted by atomic mass is 35.5. The standard InChI is InChI=1S/C11H15ClO3/c1-14-11(13)8-6-3-2-5(7(8)4-12)9-10(6)15-9/h5-10H,2-4H2,1H3/t5-,6+,7+,8+,9+,10-/m0/s1. The third-order valence-corrected chi connectivity index (χ3v) is 4.72. The molecule has 4 fully saturated rings. The van der Waals surface area contributed by atoms with Crippen molar-refractivity contribution in [3.05, 3.63) is 0 Å². The second kappa shape index (κ2) is 3.36. The van der Waals surface area contributed by atoms with Crippen LogP contribution in [0.15, 0.2) is 0 Å². The van der Waals surface area contributed by atoms with E-state index in [1.165, 1.54) is 7.11 Å². The molecule has 0 radical (unpaired) electrons. The summed E-state index contributed by atoms with van der Waals surface area (Å²) in [4.78, 5) is 11.8. The van der Waals surface area contributed by atoms with Gasteiger partial charge in [0.2, 0.25) is 0 Å². The van der Waals surface area contributed by atoms with Crippen molar-refractivity contribution in [1.82, 2.24) is 0 Å². The Bertz CT molecular complexity index is 294. The molecule has 0 aromatic carbocycles. The highest BCUT2D eigenvalue weighted by Crippen LogP contribution is 2.58. The first-order valence-corrected chi connectivity index (χ1v) is 6.10. The fraction of sp³-hybridized carbons (Fsp3) is 0.909. The van der Waals surface area contributed by atoms with E-state index in [4.69, 9.17) is 21.1 Å². The van der Waals surface area contributed by atoms with Crippen LogP contribution in [-0.2, 0) is 14.3 Å². The Morgan fingerprint density at radius 1 is 1.40 bits per heavy atom. The molecule has 0 N–H and O–H groups in total. The summed E-state index contributed by atoms with van der Waals surface area (Å²) < 4.78 is 10.5. The van der Waals surface area contributed by atoms with Crippen molar-refractivity contribution in [2.24, 2.45) is 23.7 Å². The molecule has 84 valence electrons. The van der Waals surface area contributed by atoms with E-state index in [2.05, 4.69) is 0 Å². The Morgan fingerprint density at radius 2 is 2.07 bits per heavy atom. The quantitative estimate of drug-likeness (QED) is 0.409. The third kappa shape index (κ3) is 1.26. The molecule has 2 bridgehead atoms. The molecule has 15 heavy (non-hydrogen) atoms. The summed E-state index contributed by atoms with van der Waals surface area (Å²) in [5.41, 5.74) is 0. The average molecular weight is 231 g/mol. The average Bonchev–Trinajstić information content (AvgIpc) is 3.08. The van der Waals surface area contributed by atoms with Crippen LogP contribution in [-0.4, -0.2) is 31.2 Å². The van der Waals surface area contributed by atoms with E-state index in [-0.39, 0.29) is 17.8 Å². The maximum absolute atomic E-state index is 11.8. The predicted octanol–water partition coefficient (Wildman–Crippen LogP) is 1.44. The summed E-state index contributed by atoms with van der Waals surface area (Å²) >= 11 is 5.99. The van der Waals surface area contributed by atoms with E-state index in [1.807, 2.05) is 0 Å². The van der Waals surface area contributed by atoms with Crippen molar-refractivity contribution in [2.75, 3.05) is 13.0 Å². The van der Waals surface area contributed by atoms with Gasteiger partial charge in [0.25, 0.3) is 0 Å². The molecular formula is C11H15ClO3. The Kier molecular flexibility index (Phi) is 2.22. The van der Waals surface area contributed by atoms with Crippen LogP contribution in [0.1, 0.15) is 12.8 Å². The minimum Gasteiger partial charge on any atom is -0.469 e. The van der Waals surface area contributed by atoms with Gasteiger partial charge < -0.3 is 9.47 Å². The molecule has 4 aliphatic rings. The Morgan fingerprint density at radius 3 is 2.73 bits per heavy atom. The summed E-state index contributed by atoms with van der Waals surface area (Å²) in [6.07, 6.45) is 2.98. The number of alkyl halides is 1. The minimum absolute atomic E-state index is 0.0185. The van der Waals surface area contributed by atoms with E-state index in [1.54, 1.807) is 0 Å². The monoisotopic (exact) mass is 230 g/mol. The topological polar surface area (TPSA) is 38.8 Å². The van der Waals surface area contributed by atoms with Crippen LogP contribution in [0.3, 0.4) is 0 Å². The highest BCUT2D eigenvalue weighted by Gasteiger charge is 2.64. The van der Waals surface area contributed by atoms with Crippen molar-refractivity contribution in [3.63, 3.8) is 0 Å². The summed E-state index contributed by atoms with van der Waals surface area (Å²) in [7, 11) is 1.46. The van der Waals surface area contributed by atoms with Crippen molar-refractivity contribution in [2.45, 2.75) is 25.0 Å². The number of fused-ring (bicyclic) bond motifs is 2. The maximum Gasteiger partial charge on any atom is 0.309 e. The molecule has 3 aliphatic carbocycles. The van der Waals surface area contributed by atoms with E-state index in [9.17, 15) is 4.79 Å². The molecule has 1 aliphatic heterocycles. The van der Waals surface area contributed by atoms with Gasteiger partial charge in [0.1, 0.15) is 0 Å². The Hall–Kier alpha value is -0.280. The van der Waals surface area contributed by atoms with Crippen molar-refractivity contribution in [3.8, 4) is 0 Å². The van der Waals surface area contributed by atoms with Gasteiger partial charge in [-0.25, -0.2) is 0 Å². The van der Waals surface area contributed by atoms with Gasteiger partial charge in [0, 0.05) is 11.8 Å². The zero-order valence-corrected chi connectivity index (χ0v) is 9.44. The summed E-state index contributed by atoms with van der Waals surface area (Å²) in [5.74, 6) is 1.55. The smallest absolute Gasteiger partial charge is 0.309 e. The van der Waals surface area contributed by atoms with Gasteiger partial charge in [-0.3, -0.25) is 4.79 Å². The third-order valence-electron chi connectivity index (χ3n) is 4.36. The number of halogens is 1. The molecule has 0 aromatic rings. The van der Waals surface area contributed by atoms with Gasteiger partial charge in [-0.1, -0.05) is 0 Å². The summed E-state index contributed by atoms with van der Waals surface area (Å²) in [5, 5.41) is 0. The Balaban J connectivity index is 1.88. The van der Waals surface area contributed by atoms with Gasteiger partial charge in [-0.05, 0) is 24.7 Å². The first-order chi connectivity index (χ1) is 7.27. The van der Waals surface area contributed by atoms with Crippen LogP contribution < -0.4 is 0 Å². The van der Waals surface area contributed by atoms with E-state index >= 15 is 0 Å². The predicted molar refractivity (Wildman–Crippen MR) is 54.6 cm³/mol. The van der Waals surface area contributed by atoms with Crippen LogP contribution in [0.25, 0.3) is 0 Å². The summed E-state index contributed by atoms with van der Waals surface area (Å²) in [6, 6.07) is 0. The molecule has 0 aromatic heterocycles. The van der Waals surface area contributed by atoms with Crippen molar-refractivity contribution >= 4 is 17.6 Å². The number of carbonyl (C=O) groups excluding carboxylic acids is 1. The molecule has 4 heteroatoms. The number of esters is 1. The van der Waals surface area contributed by atoms with Gasteiger partial charge in [0.05, 0.1) is 25.2 Å². The van der Waals surface area contributed by atoms with Crippen LogP contribution in [0.2, 0.25) is 0 Å². The van der Waals surface area contributed by atoms with Crippen LogP contribution in [0.4, 0.5) is 0 Å². The molecule has 1 saturated heterocycles. The first kappa shape index (κ1) is 9.91. The fourth-order valence-corrected chi connectivity index (χ4v) is 4.08. The molecule has 6 atom stereocenters. The fourth-order valence-electron chi connectivity index (χ4n) is 3.66. The molecule has 1 heterocycles. The van der Waals surface area contributed by atoms with Gasteiger partial charge in [-0.15, -0.1) is 11.6 Å². The number of hydrogen-bond acceptors (Lipinski definition) is 3. The number of epoxide rings is 1. The second-order valence-corrected chi connectivity index (χ2v) is 5.15. The number of methoxy groups -OCH3 is 1. The minimum atomic E-state index is -0.0932. The Labute approximate surface area is 94.1 Å².